The average molecular weight is 223 g/mol. The van der Waals surface area contributed by atoms with E-state index in [0.717, 1.165) is 0 Å². The number of likely N-dealkylation sites (tertiary alicyclic amines) is 1. The Balaban J connectivity index is 2.31. The van der Waals surface area contributed by atoms with E-state index in [9.17, 15) is 9.59 Å². The number of likely N-dealkylation sites (N-methyl/N-ethyl adjacent to an activating group) is 1. The molecule has 1 fully saturated rings. The van der Waals surface area contributed by atoms with Gasteiger partial charge < -0.3 is 15.0 Å². The van der Waals surface area contributed by atoms with Gasteiger partial charge in [0.25, 0.3) is 5.56 Å². The minimum absolute atomic E-state index is 0.0508. The number of aliphatic hydroxyl groups excluding tert-OH is 1. The van der Waals surface area contributed by atoms with Crippen molar-refractivity contribution >= 4 is 5.91 Å². The Hall–Kier alpha value is -1.69. The Kier molecular flexibility index (Phi) is 2.74. The standard InChI is InChI=1S/C10H13N3O3/c1-13-4-6(2-10(13)16)7-3-9(15)12-8(5-14)11-7/h3,6,14H,2,4-5H2,1H3,(H,11,12,15)/t6-/m0/s1. The van der Waals surface area contributed by atoms with Crippen LogP contribution in [0, 0.1) is 0 Å². The number of rotatable bonds is 2. The predicted octanol–water partition coefficient (Wildman–Crippen LogP) is -0.792. The highest BCUT2D eigenvalue weighted by molar-refractivity contribution is 5.79. The molecule has 1 aromatic rings. The van der Waals surface area contributed by atoms with E-state index in [0.29, 0.717) is 18.7 Å². The van der Waals surface area contributed by atoms with E-state index in [1.54, 1.807) is 11.9 Å². The van der Waals surface area contributed by atoms with Crippen molar-refractivity contribution in [3.8, 4) is 0 Å². The number of hydrogen-bond acceptors (Lipinski definition) is 4. The lowest BCUT2D eigenvalue weighted by atomic mass is 10.0. The summed E-state index contributed by atoms with van der Waals surface area (Å²) in [7, 11) is 1.72. The molecule has 86 valence electrons. The van der Waals surface area contributed by atoms with Crippen LogP contribution in [0.3, 0.4) is 0 Å². The van der Waals surface area contributed by atoms with Crippen molar-refractivity contribution in [2.75, 3.05) is 13.6 Å². The van der Waals surface area contributed by atoms with Gasteiger partial charge in [0, 0.05) is 32.0 Å². The fraction of sp³-hybridized carbons (Fsp3) is 0.500. The van der Waals surface area contributed by atoms with E-state index in [4.69, 9.17) is 5.11 Å². The second-order valence-electron chi connectivity index (χ2n) is 3.95. The van der Waals surface area contributed by atoms with Crippen LogP contribution in [0.5, 0.6) is 0 Å². The predicted molar refractivity (Wildman–Crippen MR) is 55.8 cm³/mol. The zero-order chi connectivity index (χ0) is 11.7. The summed E-state index contributed by atoms with van der Waals surface area (Å²) in [5.74, 6) is 0.243. The summed E-state index contributed by atoms with van der Waals surface area (Å²) in [5.41, 5.74) is 0.279. The Morgan fingerprint density at radius 3 is 2.94 bits per heavy atom. The minimum atomic E-state index is -0.306. The summed E-state index contributed by atoms with van der Waals surface area (Å²) >= 11 is 0. The number of aromatic nitrogens is 2. The Labute approximate surface area is 91.9 Å². The second-order valence-corrected chi connectivity index (χ2v) is 3.95. The molecule has 1 saturated heterocycles. The molecular weight excluding hydrogens is 210 g/mol. The van der Waals surface area contributed by atoms with E-state index in [1.165, 1.54) is 6.07 Å². The monoisotopic (exact) mass is 223 g/mol. The van der Waals surface area contributed by atoms with Gasteiger partial charge in [0.15, 0.2) is 0 Å². The van der Waals surface area contributed by atoms with Gasteiger partial charge in [-0.15, -0.1) is 0 Å². The molecule has 2 heterocycles. The lowest BCUT2D eigenvalue weighted by Crippen LogP contribution is -2.19. The number of H-pyrrole nitrogens is 1. The van der Waals surface area contributed by atoms with Crippen LogP contribution in [0.4, 0.5) is 0 Å². The molecule has 1 atom stereocenters. The first kappa shape index (κ1) is 10.8. The molecule has 1 aromatic heterocycles. The Morgan fingerprint density at radius 1 is 1.62 bits per heavy atom. The largest absolute Gasteiger partial charge is 0.388 e. The van der Waals surface area contributed by atoms with Crippen molar-refractivity contribution in [1.82, 2.24) is 14.9 Å². The number of carbonyl (C=O) groups excluding carboxylic acids is 1. The Morgan fingerprint density at radius 2 is 2.38 bits per heavy atom. The first-order chi connectivity index (χ1) is 7.60. The maximum atomic E-state index is 11.4. The lowest BCUT2D eigenvalue weighted by Gasteiger charge is -2.09. The van der Waals surface area contributed by atoms with Crippen molar-refractivity contribution in [2.24, 2.45) is 0 Å². The lowest BCUT2D eigenvalue weighted by molar-refractivity contribution is -0.126. The molecule has 0 saturated carbocycles. The third kappa shape index (κ3) is 1.96. The molecule has 0 unspecified atom stereocenters. The molecule has 1 amide bonds. The fourth-order valence-corrected chi connectivity index (χ4v) is 1.87. The van der Waals surface area contributed by atoms with Gasteiger partial charge in [-0.05, 0) is 0 Å². The van der Waals surface area contributed by atoms with Gasteiger partial charge in [0.1, 0.15) is 12.4 Å². The SMILES string of the molecule is CN1C[C@@H](c2cc(=O)[nH]c(CO)n2)CC1=O. The van der Waals surface area contributed by atoms with E-state index in [1.807, 2.05) is 0 Å². The average Bonchev–Trinajstić information content (AvgIpc) is 2.58. The summed E-state index contributed by atoms with van der Waals surface area (Å²) in [6, 6.07) is 1.39. The van der Waals surface area contributed by atoms with Crippen LogP contribution in [0.25, 0.3) is 0 Å². The van der Waals surface area contributed by atoms with E-state index in [-0.39, 0.29) is 29.8 Å². The number of aromatic amines is 1. The van der Waals surface area contributed by atoms with Crippen LogP contribution in [0.15, 0.2) is 10.9 Å². The molecule has 1 aliphatic rings. The molecular formula is C10H13N3O3. The van der Waals surface area contributed by atoms with Crippen LogP contribution >= 0.6 is 0 Å². The smallest absolute Gasteiger partial charge is 0.251 e. The number of carbonyl (C=O) groups is 1. The third-order valence-corrected chi connectivity index (χ3v) is 2.72. The van der Waals surface area contributed by atoms with E-state index >= 15 is 0 Å². The maximum absolute atomic E-state index is 11.4. The van der Waals surface area contributed by atoms with Gasteiger partial charge >= 0.3 is 0 Å². The molecule has 0 bridgehead atoms. The summed E-state index contributed by atoms with van der Waals surface area (Å²) in [6.45, 7) is 0.264. The molecule has 1 aliphatic heterocycles. The summed E-state index contributed by atoms with van der Waals surface area (Å²) < 4.78 is 0. The van der Waals surface area contributed by atoms with Crippen LogP contribution in [0.1, 0.15) is 23.9 Å². The first-order valence-corrected chi connectivity index (χ1v) is 5.05. The maximum Gasteiger partial charge on any atom is 0.251 e. The zero-order valence-corrected chi connectivity index (χ0v) is 8.93. The highest BCUT2D eigenvalue weighted by Crippen LogP contribution is 2.24. The number of nitrogens with zero attached hydrogens (tertiary/aromatic N) is 2. The number of hydrogen-bond donors (Lipinski definition) is 2. The minimum Gasteiger partial charge on any atom is -0.388 e. The van der Waals surface area contributed by atoms with Gasteiger partial charge in [0.2, 0.25) is 5.91 Å². The summed E-state index contributed by atoms with van der Waals surface area (Å²) in [4.78, 5) is 30.8. The Bertz CT molecular complexity index is 469. The van der Waals surface area contributed by atoms with Gasteiger partial charge in [-0.1, -0.05) is 0 Å². The van der Waals surface area contributed by atoms with Gasteiger partial charge in [-0.2, -0.15) is 0 Å². The zero-order valence-electron chi connectivity index (χ0n) is 8.93. The van der Waals surface area contributed by atoms with Crippen LogP contribution in [0.2, 0.25) is 0 Å². The molecule has 6 nitrogen and oxygen atoms in total. The topological polar surface area (TPSA) is 86.3 Å². The van der Waals surface area contributed by atoms with Gasteiger partial charge in [-0.3, -0.25) is 9.59 Å². The van der Waals surface area contributed by atoms with Crippen LogP contribution < -0.4 is 5.56 Å². The highest BCUT2D eigenvalue weighted by atomic mass is 16.3. The van der Waals surface area contributed by atoms with Crippen LogP contribution in [-0.4, -0.2) is 39.5 Å². The quantitative estimate of drug-likeness (QED) is 0.687. The molecule has 6 heteroatoms. The first-order valence-electron chi connectivity index (χ1n) is 5.05. The van der Waals surface area contributed by atoms with Gasteiger partial charge in [0.05, 0.1) is 5.69 Å². The molecule has 0 radical (unpaired) electrons. The molecule has 0 aliphatic carbocycles. The summed E-state index contributed by atoms with van der Waals surface area (Å²) in [5, 5.41) is 8.92. The van der Waals surface area contributed by atoms with Crippen molar-refractivity contribution in [3.63, 3.8) is 0 Å². The van der Waals surface area contributed by atoms with E-state index in [2.05, 4.69) is 9.97 Å². The van der Waals surface area contributed by atoms with E-state index < -0.39 is 0 Å². The normalized spacial score (nSPS) is 20.5. The molecule has 16 heavy (non-hydrogen) atoms. The molecule has 2 N–H and O–H groups in total. The fourth-order valence-electron chi connectivity index (χ4n) is 1.87. The second kappa shape index (κ2) is 4.05. The number of nitrogens with one attached hydrogen (secondary N) is 1. The van der Waals surface area contributed by atoms with Crippen molar-refractivity contribution in [2.45, 2.75) is 18.9 Å². The number of aliphatic hydroxyl groups is 1. The molecule has 0 spiro atoms. The van der Waals surface area contributed by atoms with Crippen LogP contribution in [-0.2, 0) is 11.4 Å². The molecule has 0 aromatic carbocycles. The van der Waals surface area contributed by atoms with Crippen molar-refractivity contribution in [1.29, 1.82) is 0 Å². The third-order valence-electron chi connectivity index (χ3n) is 2.72. The molecule has 2 rings (SSSR count). The summed E-state index contributed by atoms with van der Waals surface area (Å²) in [6.07, 6.45) is 0.373. The number of amides is 1. The highest BCUT2D eigenvalue weighted by Gasteiger charge is 2.29. The van der Waals surface area contributed by atoms with Gasteiger partial charge in [-0.25, -0.2) is 4.98 Å². The van der Waals surface area contributed by atoms with Crippen molar-refractivity contribution < 1.29 is 9.90 Å². The van der Waals surface area contributed by atoms with Crippen molar-refractivity contribution in [3.05, 3.63) is 27.9 Å².